The van der Waals surface area contributed by atoms with Crippen LogP contribution < -0.4 is 0 Å². The summed E-state index contributed by atoms with van der Waals surface area (Å²) >= 11 is 5.88. The number of H-pyrrole nitrogens is 1. The van der Waals surface area contributed by atoms with Crippen molar-refractivity contribution >= 4 is 22.5 Å². The summed E-state index contributed by atoms with van der Waals surface area (Å²) < 4.78 is 0. The molecule has 1 heterocycles. The van der Waals surface area contributed by atoms with Gasteiger partial charge in [0.15, 0.2) is 0 Å². The number of aromatic nitrogens is 2. The molecular formula is C9H9ClN2. The van der Waals surface area contributed by atoms with Gasteiger partial charge >= 0.3 is 0 Å². The fourth-order valence-corrected chi connectivity index (χ4v) is 1.48. The van der Waals surface area contributed by atoms with Gasteiger partial charge in [-0.25, -0.2) is 0 Å². The van der Waals surface area contributed by atoms with Crippen molar-refractivity contribution in [1.82, 2.24) is 10.2 Å². The number of hydrogen-bond acceptors (Lipinski definition) is 1. The number of nitrogens with zero attached hydrogens (tertiary/aromatic N) is 1. The Balaban J connectivity index is 2.93. The normalized spacial score (nSPS) is 10.9. The fraction of sp³-hybridized carbons (Fsp3) is 0.222. The Morgan fingerprint density at radius 3 is 2.83 bits per heavy atom. The van der Waals surface area contributed by atoms with Crippen molar-refractivity contribution in [2.24, 2.45) is 0 Å². The first kappa shape index (κ1) is 7.62. The van der Waals surface area contributed by atoms with Gasteiger partial charge in [-0.3, -0.25) is 5.10 Å². The van der Waals surface area contributed by atoms with Crippen LogP contribution in [0.4, 0.5) is 0 Å². The van der Waals surface area contributed by atoms with Crippen LogP contribution in [0.3, 0.4) is 0 Å². The molecule has 2 rings (SSSR count). The van der Waals surface area contributed by atoms with Gasteiger partial charge in [0.25, 0.3) is 0 Å². The summed E-state index contributed by atoms with van der Waals surface area (Å²) in [5, 5.41) is 8.50. The van der Waals surface area contributed by atoms with Crippen molar-refractivity contribution in [1.29, 1.82) is 0 Å². The molecule has 1 aromatic heterocycles. The first-order chi connectivity index (χ1) is 5.70. The Morgan fingerprint density at radius 2 is 2.08 bits per heavy atom. The quantitative estimate of drug-likeness (QED) is 0.664. The lowest BCUT2D eigenvalue weighted by Crippen LogP contribution is -1.81. The van der Waals surface area contributed by atoms with Crippen LogP contribution in [0.1, 0.15) is 11.1 Å². The van der Waals surface area contributed by atoms with E-state index in [2.05, 4.69) is 30.1 Å². The van der Waals surface area contributed by atoms with E-state index >= 15 is 0 Å². The maximum atomic E-state index is 5.88. The van der Waals surface area contributed by atoms with Crippen LogP contribution in [0, 0.1) is 13.8 Å². The van der Waals surface area contributed by atoms with Crippen molar-refractivity contribution in [3.8, 4) is 0 Å². The lowest BCUT2D eigenvalue weighted by Gasteiger charge is -1.98. The number of rotatable bonds is 0. The van der Waals surface area contributed by atoms with Gasteiger partial charge in [-0.2, -0.15) is 5.10 Å². The van der Waals surface area contributed by atoms with E-state index in [0.717, 1.165) is 10.9 Å². The lowest BCUT2D eigenvalue weighted by molar-refractivity contribution is 1.11. The first-order valence-electron chi connectivity index (χ1n) is 3.80. The predicted octanol–water partition coefficient (Wildman–Crippen LogP) is 2.83. The highest BCUT2D eigenvalue weighted by atomic mass is 35.5. The number of hydrogen-bond donors (Lipinski definition) is 1. The van der Waals surface area contributed by atoms with Crippen LogP contribution in [0.5, 0.6) is 0 Å². The minimum absolute atomic E-state index is 0.619. The van der Waals surface area contributed by atoms with Gasteiger partial charge in [-0.1, -0.05) is 17.7 Å². The molecule has 1 N–H and O–H groups in total. The maximum absolute atomic E-state index is 5.88. The Hall–Kier alpha value is -1.02. The number of aromatic amines is 1. The van der Waals surface area contributed by atoms with E-state index in [9.17, 15) is 0 Å². The molecule has 3 heteroatoms. The number of fused-ring (bicyclic) bond motifs is 1. The minimum atomic E-state index is 0.619. The van der Waals surface area contributed by atoms with E-state index in [1.54, 1.807) is 0 Å². The molecule has 0 unspecified atom stereocenters. The summed E-state index contributed by atoms with van der Waals surface area (Å²) in [7, 11) is 0. The second kappa shape index (κ2) is 2.49. The molecule has 1 aromatic carbocycles. The zero-order valence-electron chi connectivity index (χ0n) is 6.98. The van der Waals surface area contributed by atoms with Crippen LogP contribution in [-0.4, -0.2) is 10.2 Å². The smallest absolute Gasteiger partial charge is 0.132 e. The Morgan fingerprint density at radius 1 is 1.33 bits per heavy atom. The maximum Gasteiger partial charge on any atom is 0.132 e. The second-order valence-corrected chi connectivity index (χ2v) is 3.32. The molecule has 0 saturated heterocycles. The van der Waals surface area contributed by atoms with Crippen LogP contribution >= 0.6 is 11.6 Å². The van der Waals surface area contributed by atoms with Crippen molar-refractivity contribution in [3.63, 3.8) is 0 Å². The van der Waals surface area contributed by atoms with Gasteiger partial charge in [0.1, 0.15) is 5.15 Å². The molecule has 0 radical (unpaired) electrons. The van der Waals surface area contributed by atoms with Gasteiger partial charge < -0.3 is 0 Å². The number of halogens is 1. The van der Waals surface area contributed by atoms with Crippen molar-refractivity contribution in [3.05, 3.63) is 28.4 Å². The molecule has 0 saturated carbocycles. The number of nitrogens with one attached hydrogen (secondary N) is 1. The van der Waals surface area contributed by atoms with Crippen molar-refractivity contribution in [2.75, 3.05) is 0 Å². The third-order valence-corrected chi connectivity index (χ3v) is 2.49. The van der Waals surface area contributed by atoms with Crippen molar-refractivity contribution in [2.45, 2.75) is 13.8 Å². The molecular weight excluding hydrogens is 172 g/mol. The zero-order valence-corrected chi connectivity index (χ0v) is 7.74. The highest BCUT2D eigenvalue weighted by molar-refractivity contribution is 6.34. The van der Waals surface area contributed by atoms with Gasteiger partial charge in [-0.05, 0) is 31.0 Å². The Bertz CT molecular complexity index is 431. The Labute approximate surface area is 75.5 Å². The third kappa shape index (κ3) is 0.916. The van der Waals surface area contributed by atoms with E-state index in [4.69, 9.17) is 11.6 Å². The third-order valence-electron chi connectivity index (χ3n) is 2.20. The van der Waals surface area contributed by atoms with E-state index in [-0.39, 0.29) is 0 Å². The molecule has 0 amide bonds. The summed E-state index contributed by atoms with van der Waals surface area (Å²) in [5.41, 5.74) is 3.40. The standard InChI is InChI=1S/C9H9ClN2/c1-5-3-4-7-8(6(5)2)11-12-9(7)10/h3-4H,1-2H3,(H,11,12). The highest BCUT2D eigenvalue weighted by Crippen LogP contribution is 2.24. The van der Waals surface area contributed by atoms with Crippen LogP contribution in [-0.2, 0) is 0 Å². The van der Waals surface area contributed by atoms with Crippen LogP contribution in [0.25, 0.3) is 10.9 Å². The highest BCUT2D eigenvalue weighted by Gasteiger charge is 2.05. The summed E-state index contributed by atoms with van der Waals surface area (Å²) in [5.74, 6) is 0. The lowest BCUT2D eigenvalue weighted by atomic mass is 10.1. The zero-order chi connectivity index (χ0) is 8.72. The summed E-state index contributed by atoms with van der Waals surface area (Å²) in [6.45, 7) is 4.12. The molecule has 2 aromatic rings. The summed E-state index contributed by atoms with van der Waals surface area (Å²) in [6.07, 6.45) is 0. The molecule has 0 spiro atoms. The topological polar surface area (TPSA) is 28.7 Å². The molecule has 0 bridgehead atoms. The molecule has 0 aliphatic heterocycles. The van der Waals surface area contributed by atoms with E-state index in [1.165, 1.54) is 11.1 Å². The van der Waals surface area contributed by atoms with E-state index in [0.29, 0.717) is 5.15 Å². The SMILES string of the molecule is Cc1ccc2c(Cl)[nH]nc2c1C. The summed E-state index contributed by atoms with van der Waals surface area (Å²) in [4.78, 5) is 0. The summed E-state index contributed by atoms with van der Waals surface area (Å²) in [6, 6.07) is 4.04. The average molecular weight is 181 g/mol. The van der Waals surface area contributed by atoms with E-state index < -0.39 is 0 Å². The van der Waals surface area contributed by atoms with Gasteiger partial charge in [0.05, 0.1) is 5.52 Å². The largest absolute Gasteiger partial charge is 0.266 e. The number of aryl methyl sites for hydroxylation is 2. The molecule has 12 heavy (non-hydrogen) atoms. The Kier molecular flexibility index (Phi) is 1.58. The molecule has 62 valence electrons. The predicted molar refractivity (Wildman–Crippen MR) is 50.6 cm³/mol. The van der Waals surface area contributed by atoms with Gasteiger partial charge in [-0.15, -0.1) is 0 Å². The fourth-order valence-electron chi connectivity index (χ4n) is 1.29. The molecule has 2 nitrogen and oxygen atoms in total. The average Bonchev–Trinajstić information content (AvgIpc) is 2.41. The minimum Gasteiger partial charge on any atom is -0.266 e. The second-order valence-electron chi connectivity index (χ2n) is 2.94. The molecule has 0 aliphatic rings. The van der Waals surface area contributed by atoms with Gasteiger partial charge in [0, 0.05) is 5.39 Å². The molecule has 0 fully saturated rings. The number of benzene rings is 1. The first-order valence-corrected chi connectivity index (χ1v) is 4.17. The van der Waals surface area contributed by atoms with Crippen LogP contribution in [0.15, 0.2) is 12.1 Å². The molecule has 0 aliphatic carbocycles. The van der Waals surface area contributed by atoms with Crippen molar-refractivity contribution < 1.29 is 0 Å². The van der Waals surface area contributed by atoms with Crippen LogP contribution in [0.2, 0.25) is 5.15 Å². The monoisotopic (exact) mass is 180 g/mol. The molecule has 0 atom stereocenters. The van der Waals surface area contributed by atoms with E-state index in [1.807, 2.05) is 6.07 Å². The van der Waals surface area contributed by atoms with Gasteiger partial charge in [0.2, 0.25) is 0 Å².